The summed E-state index contributed by atoms with van der Waals surface area (Å²) in [5.74, 6) is 2.42. The molecule has 0 N–H and O–H groups in total. The fourth-order valence-electron chi connectivity index (χ4n) is 5.19. The highest BCUT2D eigenvalue weighted by Crippen LogP contribution is 2.43. The van der Waals surface area contributed by atoms with Crippen molar-refractivity contribution in [3.63, 3.8) is 0 Å². The number of aromatic nitrogens is 3. The van der Waals surface area contributed by atoms with Crippen LogP contribution in [0.5, 0.6) is 5.75 Å². The Morgan fingerprint density at radius 1 is 1.03 bits per heavy atom. The third kappa shape index (κ3) is 5.92. The standard InChI is InChI=1S/C30H42N4O2S/c1-19-16-34(20(2)31-19)17-26(35)33-12-10-21(11-13-33)25-18-37-28(32-25)22-14-23(29(3,4)5)27(36-9)24(15-22)30(6,7)8/h14-16,18,21H,10-13,17H2,1-9H3. The van der Waals surface area contributed by atoms with E-state index in [2.05, 4.69) is 64.0 Å². The molecule has 1 aromatic carbocycles. The summed E-state index contributed by atoms with van der Waals surface area (Å²) < 4.78 is 7.89. The summed E-state index contributed by atoms with van der Waals surface area (Å²) in [6.45, 7) is 19.2. The van der Waals surface area contributed by atoms with Gasteiger partial charge < -0.3 is 14.2 Å². The maximum atomic E-state index is 12.9. The Labute approximate surface area is 226 Å². The van der Waals surface area contributed by atoms with Crippen LogP contribution in [0.25, 0.3) is 10.6 Å². The van der Waals surface area contributed by atoms with E-state index in [9.17, 15) is 4.79 Å². The van der Waals surface area contributed by atoms with Crippen molar-refractivity contribution in [3.05, 3.63) is 52.0 Å². The molecule has 1 fully saturated rings. The smallest absolute Gasteiger partial charge is 0.242 e. The number of methoxy groups -OCH3 is 1. The molecule has 200 valence electrons. The number of amides is 1. The summed E-state index contributed by atoms with van der Waals surface area (Å²) >= 11 is 1.72. The zero-order chi connectivity index (χ0) is 27.1. The molecule has 0 bridgehead atoms. The summed E-state index contributed by atoms with van der Waals surface area (Å²) in [4.78, 5) is 24.4. The number of aryl methyl sites for hydroxylation is 2. The van der Waals surface area contributed by atoms with E-state index in [1.54, 1.807) is 18.4 Å². The van der Waals surface area contributed by atoms with Gasteiger partial charge in [0.05, 0.1) is 18.5 Å². The molecule has 1 saturated heterocycles. The van der Waals surface area contributed by atoms with Crippen LogP contribution < -0.4 is 4.74 Å². The van der Waals surface area contributed by atoms with Crippen LogP contribution >= 0.6 is 11.3 Å². The molecule has 0 atom stereocenters. The second kappa shape index (κ2) is 10.2. The first-order valence-corrected chi connectivity index (χ1v) is 14.1. The molecule has 0 unspecified atom stereocenters. The number of carbonyl (C=O) groups is 1. The molecule has 7 heteroatoms. The van der Waals surface area contributed by atoms with Crippen molar-refractivity contribution >= 4 is 17.2 Å². The molecular formula is C30H42N4O2S. The average molecular weight is 523 g/mol. The quantitative estimate of drug-likeness (QED) is 0.377. The number of imidazole rings is 1. The van der Waals surface area contributed by atoms with Crippen molar-refractivity contribution in [2.45, 2.75) is 91.5 Å². The monoisotopic (exact) mass is 522 g/mol. The van der Waals surface area contributed by atoms with Gasteiger partial charge in [-0.2, -0.15) is 0 Å². The first-order chi connectivity index (χ1) is 17.3. The van der Waals surface area contributed by atoms with Crippen molar-refractivity contribution < 1.29 is 9.53 Å². The summed E-state index contributed by atoms with van der Waals surface area (Å²) in [6, 6.07) is 4.52. The second-order valence-corrected chi connectivity index (χ2v) is 13.3. The first-order valence-electron chi connectivity index (χ1n) is 13.2. The van der Waals surface area contributed by atoms with E-state index < -0.39 is 0 Å². The second-order valence-electron chi connectivity index (χ2n) is 12.4. The van der Waals surface area contributed by atoms with E-state index >= 15 is 0 Å². The molecule has 0 radical (unpaired) electrons. The van der Waals surface area contributed by atoms with Crippen molar-refractivity contribution in [1.29, 1.82) is 0 Å². The summed E-state index contributed by atoms with van der Waals surface area (Å²) in [5.41, 5.74) is 5.59. The Morgan fingerprint density at radius 2 is 1.62 bits per heavy atom. The molecule has 4 rings (SSSR count). The number of nitrogens with zero attached hydrogens (tertiary/aromatic N) is 4. The van der Waals surface area contributed by atoms with Gasteiger partial charge in [0.25, 0.3) is 0 Å². The van der Waals surface area contributed by atoms with Crippen LogP contribution in [-0.4, -0.2) is 45.5 Å². The van der Waals surface area contributed by atoms with Crippen LogP contribution in [-0.2, 0) is 22.2 Å². The van der Waals surface area contributed by atoms with Crippen LogP contribution in [0.15, 0.2) is 23.7 Å². The minimum Gasteiger partial charge on any atom is -0.496 e. The number of piperidine rings is 1. The molecule has 0 saturated carbocycles. The minimum absolute atomic E-state index is 0.0469. The lowest BCUT2D eigenvalue weighted by atomic mass is 9.78. The zero-order valence-corrected chi connectivity index (χ0v) is 24.8. The number of hydrogen-bond acceptors (Lipinski definition) is 5. The van der Waals surface area contributed by atoms with Gasteiger partial charge in [0, 0.05) is 47.3 Å². The zero-order valence-electron chi connectivity index (χ0n) is 23.9. The Hall–Kier alpha value is -2.67. The number of thiazole rings is 1. The van der Waals surface area contributed by atoms with E-state index in [-0.39, 0.29) is 16.7 Å². The number of likely N-dealkylation sites (tertiary alicyclic amines) is 1. The largest absolute Gasteiger partial charge is 0.496 e. The predicted octanol–water partition coefficient (Wildman–Crippen LogP) is 6.63. The van der Waals surface area contributed by atoms with Crippen LogP contribution in [0.1, 0.15) is 88.6 Å². The lowest BCUT2D eigenvalue weighted by Gasteiger charge is -2.31. The Kier molecular flexibility index (Phi) is 7.57. The van der Waals surface area contributed by atoms with Crippen molar-refractivity contribution in [3.8, 4) is 16.3 Å². The normalized spacial score (nSPS) is 15.3. The molecule has 1 amide bonds. The summed E-state index contributed by atoms with van der Waals surface area (Å²) in [7, 11) is 1.77. The SMILES string of the molecule is COc1c(C(C)(C)C)cc(-c2nc(C3CCN(C(=O)Cn4cc(C)nc4C)CC3)cs2)cc1C(C)(C)C. The van der Waals surface area contributed by atoms with Gasteiger partial charge >= 0.3 is 0 Å². The fraction of sp³-hybridized carbons (Fsp3) is 0.567. The van der Waals surface area contributed by atoms with Gasteiger partial charge in [-0.3, -0.25) is 4.79 Å². The van der Waals surface area contributed by atoms with E-state index in [0.29, 0.717) is 12.5 Å². The van der Waals surface area contributed by atoms with Crippen LogP contribution in [0.2, 0.25) is 0 Å². The maximum absolute atomic E-state index is 12.9. The van der Waals surface area contributed by atoms with Crippen molar-refractivity contribution in [1.82, 2.24) is 19.4 Å². The topological polar surface area (TPSA) is 60.2 Å². The molecule has 0 aliphatic carbocycles. The minimum atomic E-state index is -0.0469. The van der Waals surface area contributed by atoms with E-state index in [1.165, 1.54) is 11.1 Å². The molecular weight excluding hydrogens is 480 g/mol. The van der Waals surface area contributed by atoms with Gasteiger partial charge in [-0.1, -0.05) is 41.5 Å². The van der Waals surface area contributed by atoms with Crippen molar-refractivity contribution in [2.75, 3.05) is 20.2 Å². The number of benzene rings is 1. The molecule has 37 heavy (non-hydrogen) atoms. The first kappa shape index (κ1) is 27.4. The van der Waals surface area contributed by atoms with E-state index in [1.807, 2.05) is 29.5 Å². The molecule has 0 spiro atoms. The summed E-state index contributed by atoms with van der Waals surface area (Å²) in [6.07, 6.45) is 3.84. The van der Waals surface area contributed by atoms with Crippen LogP contribution in [0.4, 0.5) is 0 Å². The average Bonchev–Trinajstić information content (AvgIpc) is 3.43. The Bertz CT molecular complexity index is 1230. The highest BCUT2D eigenvalue weighted by atomic mass is 32.1. The van der Waals surface area contributed by atoms with Gasteiger partial charge in [-0.05, 0) is 49.7 Å². The van der Waals surface area contributed by atoms with Gasteiger partial charge in [0.1, 0.15) is 23.1 Å². The third-order valence-corrected chi connectivity index (χ3v) is 8.26. The van der Waals surface area contributed by atoms with Crippen LogP contribution in [0, 0.1) is 13.8 Å². The number of rotatable bonds is 5. The number of hydrogen-bond donors (Lipinski definition) is 0. The lowest BCUT2D eigenvalue weighted by molar-refractivity contribution is -0.132. The number of carbonyl (C=O) groups excluding carboxylic acids is 1. The number of ether oxygens (including phenoxy) is 1. The lowest BCUT2D eigenvalue weighted by Crippen LogP contribution is -2.39. The van der Waals surface area contributed by atoms with Gasteiger partial charge in [-0.25, -0.2) is 9.97 Å². The fourth-order valence-corrected chi connectivity index (χ4v) is 6.08. The molecule has 1 aliphatic heterocycles. The van der Waals surface area contributed by atoms with Gasteiger partial charge in [0.2, 0.25) is 5.91 Å². The Balaban J connectivity index is 1.51. The highest BCUT2D eigenvalue weighted by molar-refractivity contribution is 7.13. The Morgan fingerprint density at radius 3 is 2.11 bits per heavy atom. The van der Waals surface area contributed by atoms with Crippen molar-refractivity contribution in [2.24, 2.45) is 0 Å². The predicted molar refractivity (Wildman–Crippen MR) is 152 cm³/mol. The maximum Gasteiger partial charge on any atom is 0.242 e. The summed E-state index contributed by atoms with van der Waals surface area (Å²) in [5, 5.41) is 3.27. The third-order valence-electron chi connectivity index (χ3n) is 7.35. The molecule has 3 heterocycles. The molecule has 3 aromatic rings. The van der Waals surface area contributed by atoms with E-state index in [4.69, 9.17) is 9.72 Å². The van der Waals surface area contributed by atoms with Gasteiger partial charge in [0.15, 0.2) is 0 Å². The molecule has 6 nitrogen and oxygen atoms in total. The molecule has 1 aliphatic rings. The molecule has 2 aromatic heterocycles. The van der Waals surface area contributed by atoms with E-state index in [0.717, 1.165) is 59.5 Å². The highest BCUT2D eigenvalue weighted by Gasteiger charge is 2.29. The van der Waals surface area contributed by atoms with Gasteiger partial charge in [-0.15, -0.1) is 11.3 Å². The van der Waals surface area contributed by atoms with Crippen LogP contribution in [0.3, 0.4) is 0 Å².